The second-order valence-corrected chi connectivity index (χ2v) is 3.63. The number of hydrogen-bond acceptors (Lipinski definition) is 4. The fourth-order valence-electron chi connectivity index (χ4n) is 1.65. The van der Waals surface area contributed by atoms with Crippen molar-refractivity contribution in [1.82, 2.24) is 9.78 Å². The number of halogens is 3. The molecule has 1 aromatic heterocycles. The van der Waals surface area contributed by atoms with Gasteiger partial charge in [0, 0.05) is 7.05 Å². The number of carbonyl (C=O) groups is 2. The molecule has 2 heterocycles. The fraction of sp³-hybridized carbons (Fsp3) is 0.444. The van der Waals surface area contributed by atoms with Gasteiger partial charge < -0.3 is 4.74 Å². The Morgan fingerprint density at radius 1 is 1.47 bits per heavy atom. The van der Waals surface area contributed by atoms with E-state index < -0.39 is 29.7 Å². The Morgan fingerprint density at radius 3 is 2.53 bits per heavy atom. The van der Waals surface area contributed by atoms with Gasteiger partial charge in [-0.25, -0.2) is 0 Å². The molecule has 1 aliphatic rings. The van der Waals surface area contributed by atoms with Crippen LogP contribution in [0.4, 0.5) is 13.2 Å². The third-order valence-electron chi connectivity index (χ3n) is 2.43. The molecule has 0 spiro atoms. The van der Waals surface area contributed by atoms with Crippen LogP contribution in [0.25, 0.3) is 0 Å². The number of aryl methyl sites for hydroxylation is 1. The fourth-order valence-corrected chi connectivity index (χ4v) is 1.65. The van der Waals surface area contributed by atoms with Crippen molar-refractivity contribution in [2.24, 2.45) is 7.05 Å². The highest BCUT2D eigenvalue weighted by Crippen LogP contribution is 2.33. The van der Waals surface area contributed by atoms with Gasteiger partial charge in [-0.2, -0.15) is 18.3 Å². The van der Waals surface area contributed by atoms with E-state index in [1.807, 2.05) is 0 Å². The summed E-state index contributed by atoms with van der Waals surface area (Å²) in [4.78, 5) is 22.1. The number of alkyl halides is 3. The Hall–Kier alpha value is -1.86. The molecule has 1 aromatic rings. The normalized spacial score (nSPS) is 20.8. The van der Waals surface area contributed by atoms with Gasteiger partial charge in [-0.3, -0.25) is 14.3 Å². The molecular formula is C9H7F3N2O3. The van der Waals surface area contributed by atoms with Gasteiger partial charge >= 0.3 is 18.1 Å². The molecule has 0 radical (unpaired) electrons. The van der Waals surface area contributed by atoms with E-state index in [1.54, 1.807) is 0 Å². The predicted octanol–water partition coefficient (Wildman–Crippen LogP) is 0.996. The number of rotatable bonds is 1. The van der Waals surface area contributed by atoms with Gasteiger partial charge in [0.1, 0.15) is 5.92 Å². The summed E-state index contributed by atoms with van der Waals surface area (Å²) in [5.41, 5.74) is -1.07. The van der Waals surface area contributed by atoms with Crippen LogP contribution in [0, 0.1) is 0 Å². The van der Waals surface area contributed by atoms with E-state index in [0.717, 1.165) is 10.7 Å². The lowest BCUT2D eigenvalue weighted by molar-refractivity contribution is -0.152. The minimum atomic E-state index is -4.58. The van der Waals surface area contributed by atoms with E-state index in [-0.39, 0.29) is 12.1 Å². The maximum absolute atomic E-state index is 12.4. The van der Waals surface area contributed by atoms with E-state index in [1.165, 1.54) is 7.05 Å². The minimum absolute atomic E-state index is 0.0215. The van der Waals surface area contributed by atoms with Crippen LogP contribution in [-0.2, 0) is 27.5 Å². The molecule has 0 amide bonds. The first-order valence-corrected chi connectivity index (χ1v) is 4.64. The monoisotopic (exact) mass is 248 g/mol. The molecule has 0 aliphatic carbocycles. The zero-order valence-corrected chi connectivity index (χ0v) is 8.61. The maximum Gasteiger partial charge on any atom is 0.435 e. The highest BCUT2D eigenvalue weighted by Gasteiger charge is 2.40. The summed E-state index contributed by atoms with van der Waals surface area (Å²) in [6.45, 7) is 0. The van der Waals surface area contributed by atoms with Crippen molar-refractivity contribution in [3.63, 3.8) is 0 Å². The highest BCUT2D eigenvalue weighted by molar-refractivity contribution is 5.97. The average molecular weight is 248 g/mol. The first-order chi connectivity index (χ1) is 7.79. The van der Waals surface area contributed by atoms with Gasteiger partial charge in [0.2, 0.25) is 0 Å². The molecule has 0 bridgehead atoms. The van der Waals surface area contributed by atoms with Crippen LogP contribution in [0.2, 0.25) is 0 Å². The minimum Gasteiger partial charge on any atom is -0.393 e. The van der Waals surface area contributed by atoms with Crippen molar-refractivity contribution in [2.45, 2.75) is 18.5 Å². The number of hydrogen-bond donors (Lipinski definition) is 0. The van der Waals surface area contributed by atoms with Crippen LogP contribution in [-0.4, -0.2) is 21.7 Å². The molecule has 1 saturated heterocycles. The van der Waals surface area contributed by atoms with E-state index in [0.29, 0.717) is 0 Å². The van der Waals surface area contributed by atoms with Crippen molar-refractivity contribution >= 4 is 11.9 Å². The molecule has 17 heavy (non-hydrogen) atoms. The first kappa shape index (κ1) is 11.6. The molecule has 92 valence electrons. The first-order valence-electron chi connectivity index (χ1n) is 4.64. The van der Waals surface area contributed by atoms with Crippen molar-refractivity contribution in [2.75, 3.05) is 0 Å². The maximum atomic E-state index is 12.4. The molecule has 1 fully saturated rings. The smallest absolute Gasteiger partial charge is 0.393 e. The van der Waals surface area contributed by atoms with Crippen molar-refractivity contribution < 1.29 is 27.5 Å². The Morgan fingerprint density at radius 2 is 2.12 bits per heavy atom. The summed E-state index contributed by atoms with van der Waals surface area (Å²) in [6.07, 6.45) is -4.84. The standard InChI is InChI=1S/C9H7F3N2O3/c1-14-5(3-6(13-14)9(10,11)12)4-2-7(15)17-8(4)16/h3-4H,2H2,1H3. The molecule has 1 atom stereocenters. The third-order valence-corrected chi connectivity index (χ3v) is 2.43. The van der Waals surface area contributed by atoms with Crippen molar-refractivity contribution in [3.05, 3.63) is 17.5 Å². The van der Waals surface area contributed by atoms with Crippen molar-refractivity contribution in [3.8, 4) is 0 Å². The number of carbonyl (C=O) groups excluding carboxylic acids is 2. The molecule has 2 rings (SSSR count). The van der Waals surface area contributed by atoms with Gasteiger partial charge in [0.15, 0.2) is 5.69 Å². The van der Waals surface area contributed by atoms with Gasteiger partial charge in [-0.05, 0) is 6.07 Å². The van der Waals surface area contributed by atoms with Crippen LogP contribution in [0.15, 0.2) is 6.07 Å². The van der Waals surface area contributed by atoms with Crippen LogP contribution in [0.5, 0.6) is 0 Å². The topological polar surface area (TPSA) is 61.2 Å². The van der Waals surface area contributed by atoms with E-state index in [9.17, 15) is 22.8 Å². The molecule has 8 heteroatoms. The second kappa shape index (κ2) is 3.57. The summed E-state index contributed by atoms with van der Waals surface area (Å²) in [6, 6.07) is 0.754. The second-order valence-electron chi connectivity index (χ2n) is 3.63. The van der Waals surface area contributed by atoms with E-state index >= 15 is 0 Å². The van der Waals surface area contributed by atoms with E-state index in [4.69, 9.17) is 0 Å². The molecule has 0 aromatic carbocycles. The van der Waals surface area contributed by atoms with E-state index in [2.05, 4.69) is 9.84 Å². The number of ether oxygens (including phenoxy) is 1. The predicted molar refractivity (Wildman–Crippen MR) is 46.7 cm³/mol. The lowest BCUT2D eigenvalue weighted by Crippen LogP contribution is -2.10. The molecule has 1 aliphatic heterocycles. The number of aromatic nitrogens is 2. The van der Waals surface area contributed by atoms with Gasteiger partial charge in [0.25, 0.3) is 0 Å². The van der Waals surface area contributed by atoms with Crippen LogP contribution < -0.4 is 0 Å². The van der Waals surface area contributed by atoms with Gasteiger partial charge in [-0.1, -0.05) is 0 Å². The zero-order valence-electron chi connectivity index (χ0n) is 8.61. The third kappa shape index (κ3) is 2.02. The van der Waals surface area contributed by atoms with Crippen LogP contribution >= 0.6 is 0 Å². The lowest BCUT2D eigenvalue weighted by atomic mass is 10.0. The molecule has 0 N–H and O–H groups in total. The summed E-state index contributed by atoms with van der Waals surface area (Å²) >= 11 is 0. The zero-order chi connectivity index (χ0) is 12.8. The van der Waals surface area contributed by atoms with Crippen LogP contribution in [0.1, 0.15) is 23.7 Å². The summed E-state index contributed by atoms with van der Waals surface area (Å²) in [5.74, 6) is -2.59. The Labute approximate surface area is 93.2 Å². The highest BCUT2D eigenvalue weighted by atomic mass is 19.4. The van der Waals surface area contributed by atoms with Gasteiger partial charge in [-0.15, -0.1) is 0 Å². The molecule has 1 unspecified atom stereocenters. The number of nitrogens with zero attached hydrogens (tertiary/aromatic N) is 2. The Balaban J connectivity index is 2.37. The van der Waals surface area contributed by atoms with Gasteiger partial charge in [0.05, 0.1) is 12.1 Å². The summed E-state index contributed by atoms with van der Waals surface area (Å²) in [5, 5.41) is 3.26. The average Bonchev–Trinajstić information content (AvgIpc) is 2.68. The Kier molecular flexibility index (Phi) is 2.44. The molecular weight excluding hydrogens is 241 g/mol. The largest absolute Gasteiger partial charge is 0.435 e. The SMILES string of the molecule is Cn1nc(C(F)(F)F)cc1C1CC(=O)OC1=O. The number of cyclic esters (lactones) is 2. The molecule has 0 saturated carbocycles. The summed E-state index contributed by atoms with van der Waals surface area (Å²) in [7, 11) is 1.28. The number of esters is 2. The molecule has 5 nitrogen and oxygen atoms in total. The van der Waals surface area contributed by atoms with Crippen LogP contribution in [0.3, 0.4) is 0 Å². The lowest BCUT2D eigenvalue weighted by Gasteiger charge is -2.03. The summed E-state index contributed by atoms with van der Waals surface area (Å²) < 4.78 is 42.4. The van der Waals surface area contributed by atoms with Crippen molar-refractivity contribution in [1.29, 1.82) is 0 Å². The Bertz CT molecular complexity index is 492. The quantitative estimate of drug-likeness (QED) is 0.549.